The predicted octanol–water partition coefficient (Wildman–Crippen LogP) is 3.37. The first kappa shape index (κ1) is 16.8. The van der Waals surface area contributed by atoms with Crippen molar-refractivity contribution >= 4 is 5.91 Å². The molecule has 0 radical (unpaired) electrons. The molecule has 0 aliphatic carbocycles. The van der Waals surface area contributed by atoms with Crippen molar-refractivity contribution in [2.24, 2.45) is 0 Å². The van der Waals surface area contributed by atoms with E-state index in [0.717, 1.165) is 16.1 Å². The van der Waals surface area contributed by atoms with Crippen LogP contribution in [0.2, 0.25) is 0 Å². The minimum atomic E-state index is -4.39. The highest BCUT2D eigenvalue weighted by atomic mass is 19.4. The van der Waals surface area contributed by atoms with Crippen molar-refractivity contribution in [3.05, 3.63) is 35.4 Å². The van der Waals surface area contributed by atoms with Crippen molar-refractivity contribution in [1.29, 1.82) is 0 Å². The Morgan fingerprint density at radius 3 is 2.45 bits per heavy atom. The van der Waals surface area contributed by atoms with Gasteiger partial charge in [-0.3, -0.25) is 10.2 Å². The number of aryl methyl sites for hydroxylation is 2. The molecule has 0 bridgehead atoms. The monoisotopic (exact) mass is 314 g/mol. The molecule has 1 heterocycles. The lowest BCUT2D eigenvalue weighted by molar-refractivity contribution is -0.202. The van der Waals surface area contributed by atoms with Crippen molar-refractivity contribution in [3.63, 3.8) is 0 Å². The lowest BCUT2D eigenvalue weighted by Gasteiger charge is -2.37. The summed E-state index contributed by atoms with van der Waals surface area (Å²) >= 11 is 0. The van der Waals surface area contributed by atoms with Gasteiger partial charge in [0.2, 0.25) is 5.91 Å². The minimum Gasteiger partial charge on any atom is -0.288 e. The summed E-state index contributed by atoms with van der Waals surface area (Å²) in [7, 11) is 0. The second kappa shape index (κ2) is 5.91. The van der Waals surface area contributed by atoms with Crippen LogP contribution >= 0.6 is 0 Å². The van der Waals surface area contributed by atoms with Gasteiger partial charge in [0.25, 0.3) is 0 Å². The second-order valence-electron chi connectivity index (χ2n) is 6.42. The number of nitrogens with zero attached hydrogens (tertiary/aromatic N) is 1. The Labute approximate surface area is 128 Å². The molecule has 122 valence electrons. The maximum atomic E-state index is 13.5. The number of halogens is 3. The van der Waals surface area contributed by atoms with Crippen LogP contribution in [-0.2, 0) is 11.2 Å². The Morgan fingerprint density at radius 1 is 1.32 bits per heavy atom. The molecule has 0 spiro atoms. The molecular formula is C16H21F3N2O. The zero-order valence-electron chi connectivity index (χ0n) is 13.0. The van der Waals surface area contributed by atoms with Gasteiger partial charge in [0.15, 0.2) is 0 Å². The van der Waals surface area contributed by atoms with Crippen LogP contribution in [0.5, 0.6) is 0 Å². The third-order valence-corrected chi connectivity index (χ3v) is 4.13. The van der Waals surface area contributed by atoms with E-state index in [9.17, 15) is 18.0 Å². The van der Waals surface area contributed by atoms with Crippen LogP contribution in [0.1, 0.15) is 37.8 Å². The Hall–Kier alpha value is -1.56. The van der Waals surface area contributed by atoms with E-state index in [1.165, 1.54) is 0 Å². The quantitative estimate of drug-likeness (QED) is 0.924. The molecule has 0 aromatic heterocycles. The number of alkyl halides is 3. The molecule has 1 aliphatic rings. The summed E-state index contributed by atoms with van der Waals surface area (Å²) in [6.07, 6.45) is -4.08. The second-order valence-corrected chi connectivity index (χ2v) is 6.42. The number of carbonyl (C=O) groups is 1. The standard InChI is InChI=1S/C16H21F3N2O/c1-11-6-4-5-7-12(11)8-9-13(16(17,18)19)21-15(2,3)10-14(22)20-21/h4-7,13H,8-10H2,1-3H3,(H,20,22)/t13-/m0/s1. The summed E-state index contributed by atoms with van der Waals surface area (Å²) < 4.78 is 40.4. The van der Waals surface area contributed by atoms with E-state index < -0.39 is 17.8 Å². The number of carbonyl (C=O) groups excluding carboxylic acids is 1. The first-order chi connectivity index (χ1) is 10.1. The number of benzene rings is 1. The van der Waals surface area contributed by atoms with Crippen molar-refractivity contribution in [2.75, 3.05) is 0 Å². The Balaban J connectivity index is 2.18. The van der Waals surface area contributed by atoms with Gasteiger partial charge in [-0.2, -0.15) is 13.2 Å². The molecule has 22 heavy (non-hydrogen) atoms. The Morgan fingerprint density at radius 2 is 1.95 bits per heavy atom. The molecule has 1 N–H and O–H groups in total. The third-order valence-electron chi connectivity index (χ3n) is 4.13. The molecule has 0 saturated carbocycles. The molecule has 1 saturated heterocycles. The average molecular weight is 314 g/mol. The van der Waals surface area contributed by atoms with E-state index in [-0.39, 0.29) is 18.7 Å². The highest BCUT2D eigenvalue weighted by Gasteiger charge is 2.51. The number of hydrogen-bond acceptors (Lipinski definition) is 2. The minimum absolute atomic E-state index is 0.0734. The summed E-state index contributed by atoms with van der Waals surface area (Å²) in [6.45, 7) is 5.19. The first-order valence-electron chi connectivity index (χ1n) is 7.31. The predicted molar refractivity (Wildman–Crippen MR) is 78.0 cm³/mol. The summed E-state index contributed by atoms with van der Waals surface area (Å²) in [5, 5.41) is 1.08. The number of nitrogens with one attached hydrogen (secondary N) is 1. The summed E-state index contributed by atoms with van der Waals surface area (Å²) in [6, 6.07) is 5.74. The molecular weight excluding hydrogens is 293 g/mol. The van der Waals surface area contributed by atoms with E-state index in [1.54, 1.807) is 13.8 Å². The maximum Gasteiger partial charge on any atom is 0.405 e. The normalized spacial score (nSPS) is 20.0. The van der Waals surface area contributed by atoms with Crippen LogP contribution in [-0.4, -0.2) is 28.7 Å². The number of hydrogen-bond donors (Lipinski definition) is 1. The Kier molecular flexibility index (Phi) is 4.52. The Bertz CT molecular complexity index is 555. The fourth-order valence-electron chi connectivity index (χ4n) is 2.93. The zero-order chi connectivity index (χ0) is 16.5. The highest BCUT2D eigenvalue weighted by Crippen LogP contribution is 2.35. The van der Waals surface area contributed by atoms with Gasteiger partial charge in [-0.05, 0) is 44.7 Å². The van der Waals surface area contributed by atoms with Crippen LogP contribution in [0.3, 0.4) is 0 Å². The fraction of sp³-hybridized carbons (Fsp3) is 0.562. The summed E-state index contributed by atoms with van der Waals surface area (Å²) in [5.41, 5.74) is 3.41. The molecule has 1 aromatic rings. The maximum absolute atomic E-state index is 13.5. The van der Waals surface area contributed by atoms with Crippen LogP contribution in [0.25, 0.3) is 0 Å². The van der Waals surface area contributed by atoms with Gasteiger partial charge in [-0.15, -0.1) is 0 Å². The lowest BCUT2D eigenvalue weighted by atomic mass is 9.96. The van der Waals surface area contributed by atoms with Crippen LogP contribution in [0, 0.1) is 6.92 Å². The molecule has 1 atom stereocenters. The molecule has 1 aromatic carbocycles. The molecule has 2 rings (SSSR count). The van der Waals surface area contributed by atoms with E-state index in [0.29, 0.717) is 6.42 Å². The third kappa shape index (κ3) is 3.61. The lowest BCUT2D eigenvalue weighted by Crippen LogP contribution is -2.56. The topological polar surface area (TPSA) is 32.3 Å². The van der Waals surface area contributed by atoms with Gasteiger partial charge in [-0.1, -0.05) is 24.3 Å². The van der Waals surface area contributed by atoms with Gasteiger partial charge in [0.1, 0.15) is 6.04 Å². The number of hydrazine groups is 1. The van der Waals surface area contributed by atoms with Gasteiger partial charge in [-0.25, -0.2) is 5.01 Å². The fourth-order valence-corrected chi connectivity index (χ4v) is 2.93. The van der Waals surface area contributed by atoms with E-state index in [1.807, 2.05) is 31.2 Å². The molecule has 1 fully saturated rings. The molecule has 6 heteroatoms. The molecule has 1 amide bonds. The largest absolute Gasteiger partial charge is 0.405 e. The van der Waals surface area contributed by atoms with E-state index >= 15 is 0 Å². The molecule has 1 aliphatic heterocycles. The number of amides is 1. The van der Waals surface area contributed by atoms with Gasteiger partial charge >= 0.3 is 6.18 Å². The first-order valence-corrected chi connectivity index (χ1v) is 7.31. The van der Waals surface area contributed by atoms with Crippen molar-refractivity contribution in [3.8, 4) is 0 Å². The van der Waals surface area contributed by atoms with E-state index in [4.69, 9.17) is 0 Å². The summed E-state index contributed by atoms with van der Waals surface area (Å²) in [5.74, 6) is -0.366. The van der Waals surface area contributed by atoms with Crippen molar-refractivity contribution < 1.29 is 18.0 Å². The smallest absolute Gasteiger partial charge is 0.288 e. The van der Waals surface area contributed by atoms with Crippen molar-refractivity contribution in [2.45, 2.75) is 57.8 Å². The van der Waals surface area contributed by atoms with Gasteiger partial charge in [0.05, 0.1) is 0 Å². The van der Waals surface area contributed by atoms with Crippen LogP contribution < -0.4 is 5.43 Å². The number of rotatable bonds is 4. The molecule has 0 unspecified atom stereocenters. The van der Waals surface area contributed by atoms with Crippen molar-refractivity contribution in [1.82, 2.24) is 10.4 Å². The van der Waals surface area contributed by atoms with Gasteiger partial charge in [0, 0.05) is 12.0 Å². The average Bonchev–Trinajstić information content (AvgIpc) is 2.63. The van der Waals surface area contributed by atoms with Crippen LogP contribution in [0.4, 0.5) is 13.2 Å². The zero-order valence-corrected chi connectivity index (χ0v) is 13.0. The van der Waals surface area contributed by atoms with E-state index in [2.05, 4.69) is 5.43 Å². The van der Waals surface area contributed by atoms with Crippen LogP contribution in [0.15, 0.2) is 24.3 Å². The molecule has 3 nitrogen and oxygen atoms in total. The van der Waals surface area contributed by atoms with Gasteiger partial charge < -0.3 is 0 Å². The summed E-state index contributed by atoms with van der Waals surface area (Å²) in [4.78, 5) is 11.5. The SMILES string of the molecule is Cc1ccccc1CC[C@H](N1NC(=O)CC1(C)C)C(F)(F)F. The highest BCUT2D eigenvalue weighted by molar-refractivity contribution is 5.78.